The van der Waals surface area contributed by atoms with Crippen LogP contribution in [0.1, 0.15) is 24.1 Å². The molecule has 0 fully saturated rings. The standard InChI is InChI=1S/C28H25Cl2N5O4/c1-16-25(27(36)34-22-13-23(37-2)21(30)12-24(22)38-3)26(35-28(33-16)31-15-32-35)18-6-10-20(11-7-18)39-14-17-4-8-19(29)9-5-17/h4-13,15,26H,14H2,1-3H3,(H,34,36)(H,31,32,33). The fourth-order valence-corrected chi connectivity index (χ4v) is 4.69. The van der Waals surface area contributed by atoms with Crippen LogP contribution < -0.4 is 24.8 Å². The highest BCUT2D eigenvalue weighted by Gasteiger charge is 2.34. The number of halogens is 2. The van der Waals surface area contributed by atoms with Gasteiger partial charge in [-0.15, -0.1) is 0 Å². The van der Waals surface area contributed by atoms with Crippen LogP contribution in [0.25, 0.3) is 0 Å². The number of rotatable bonds is 8. The van der Waals surface area contributed by atoms with Gasteiger partial charge in [0, 0.05) is 22.9 Å². The van der Waals surface area contributed by atoms with Crippen molar-refractivity contribution < 1.29 is 19.0 Å². The van der Waals surface area contributed by atoms with Crippen LogP contribution in [0.2, 0.25) is 10.0 Å². The normalized spacial score (nSPS) is 14.3. The van der Waals surface area contributed by atoms with Gasteiger partial charge in [0.25, 0.3) is 5.91 Å². The molecule has 0 saturated carbocycles. The zero-order valence-corrected chi connectivity index (χ0v) is 22.9. The summed E-state index contributed by atoms with van der Waals surface area (Å²) in [7, 11) is 3.00. The highest BCUT2D eigenvalue weighted by atomic mass is 35.5. The van der Waals surface area contributed by atoms with Crippen molar-refractivity contribution in [2.24, 2.45) is 0 Å². The van der Waals surface area contributed by atoms with Gasteiger partial charge in [-0.25, -0.2) is 4.68 Å². The first kappa shape index (κ1) is 26.4. The Hall–Kier alpha value is -4.21. The molecule has 5 rings (SSSR count). The van der Waals surface area contributed by atoms with Crippen LogP contribution in [0.15, 0.2) is 78.3 Å². The number of allylic oxidation sites excluding steroid dienone is 1. The first-order chi connectivity index (χ1) is 18.9. The predicted octanol–water partition coefficient (Wildman–Crippen LogP) is 6.11. The molecule has 1 aliphatic rings. The Morgan fingerprint density at radius 1 is 1.03 bits per heavy atom. The molecule has 2 N–H and O–H groups in total. The van der Waals surface area contributed by atoms with Crippen LogP contribution in [0.3, 0.4) is 0 Å². The Bertz CT molecular complexity index is 1530. The lowest BCUT2D eigenvalue weighted by Gasteiger charge is -2.29. The Labute approximate surface area is 235 Å². The number of methoxy groups -OCH3 is 2. The topological polar surface area (TPSA) is 99.5 Å². The predicted molar refractivity (Wildman–Crippen MR) is 150 cm³/mol. The van der Waals surface area contributed by atoms with Crippen LogP contribution >= 0.6 is 23.2 Å². The average molecular weight is 566 g/mol. The molecule has 1 aromatic heterocycles. The van der Waals surface area contributed by atoms with E-state index in [1.807, 2.05) is 55.5 Å². The van der Waals surface area contributed by atoms with Gasteiger partial charge in [0.2, 0.25) is 5.95 Å². The minimum absolute atomic E-state index is 0.350. The second-order valence-corrected chi connectivity index (χ2v) is 9.56. The van der Waals surface area contributed by atoms with E-state index in [0.29, 0.717) is 56.8 Å². The summed E-state index contributed by atoms with van der Waals surface area (Å²) in [6, 6.07) is 17.7. The van der Waals surface area contributed by atoms with Crippen molar-refractivity contribution in [3.63, 3.8) is 0 Å². The zero-order valence-electron chi connectivity index (χ0n) is 21.4. The van der Waals surface area contributed by atoms with Gasteiger partial charge in [-0.1, -0.05) is 47.5 Å². The molecule has 0 saturated heterocycles. The summed E-state index contributed by atoms with van der Waals surface area (Å²) in [5, 5.41) is 11.5. The second kappa shape index (κ2) is 11.3. The Morgan fingerprint density at radius 2 is 1.74 bits per heavy atom. The van der Waals surface area contributed by atoms with E-state index >= 15 is 0 Å². The number of ether oxygens (including phenoxy) is 3. The SMILES string of the molecule is COc1cc(NC(=O)C2=C(C)Nc3ncnn3C2c2ccc(OCc3ccc(Cl)cc3)cc2)c(OC)cc1Cl. The van der Waals surface area contributed by atoms with E-state index in [4.69, 9.17) is 37.4 Å². The summed E-state index contributed by atoms with van der Waals surface area (Å²) in [4.78, 5) is 18.1. The minimum Gasteiger partial charge on any atom is -0.495 e. The molecule has 39 heavy (non-hydrogen) atoms. The molecule has 9 nitrogen and oxygen atoms in total. The molecule has 3 aromatic carbocycles. The number of fused-ring (bicyclic) bond motifs is 1. The lowest BCUT2D eigenvalue weighted by atomic mass is 9.95. The average Bonchev–Trinajstić information content (AvgIpc) is 3.41. The van der Waals surface area contributed by atoms with Gasteiger partial charge in [0.1, 0.15) is 36.2 Å². The quantitative estimate of drug-likeness (QED) is 0.266. The van der Waals surface area contributed by atoms with Gasteiger partial charge in [-0.2, -0.15) is 10.1 Å². The number of hydrogen-bond donors (Lipinski definition) is 2. The summed E-state index contributed by atoms with van der Waals surface area (Å²) >= 11 is 12.2. The molecule has 1 atom stereocenters. The maximum absolute atomic E-state index is 13.8. The lowest BCUT2D eigenvalue weighted by Crippen LogP contribution is -2.31. The van der Waals surface area contributed by atoms with E-state index in [0.717, 1.165) is 11.1 Å². The van der Waals surface area contributed by atoms with Gasteiger partial charge in [-0.3, -0.25) is 4.79 Å². The number of hydrogen-bond acceptors (Lipinski definition) is 7. The fourth-order valence-electron chi connectivity index (χ4n) is 4.33. The molecule has 0 radical (unpaired) electrons. The van der Waals surface area contributed by atoms with Gasteiger partial charge in [0.05, 0.1) is 30.5 Å². The summed E-state index contributed by atoms with van der Waals surface area (Å²) in [6.07, 6.45) is 1.44. The number of carbonyl (C=O) groups is 1. The summed E-state index contributed by atoms with van der Waals surface area (Å²) in [5.41, 5.74) is 3.34. The molecule has 0 aliphatic carbocycles. The third-order valence-electron chi connectivity index (χ3n) is 6.28. The van der Waals surface area contributed by atoms with Crippen molar-refractivity contribution in [2.75, 3.05) is 24.9 Å². The maximum Gasteiger partial charge on any atom is 0.255 e. The van der Waals surface area contributed by atoms with Crippen LogP contribution in [0.5, 0.6) is 17.2 Å². The van der Waals surface area contributed by atoms with Gasteiger partial charge in [0.15, 0.2) is 0 Å². The molecule has 0 spiro atoms. The van der Waals surface area contributed by atoms with Gasteiger partial charge < -0.3 is 24.8 Å². The molecule has 4 aromatic rings. The van der Waals surface area contributed by atoms with Gasteiger partial charge >= 0.3 is 0 Å². The molecule has 2 heterocycles. The lowest BCUT2D eigenvalue weighted by molar-refractivity contribution is -0.113. The molecule has 1 aliphatic heterocycles. The number of nitrogens with zero attached hydrogens (tertiary/aromatic N) is 3. The highest BCUT2D eigenvalue weighted by Crippen LogP contribution is 2.39. The molecule has 1 amide bonds. The maximum atomic E-state index is 13.8. The fraction of sp³-hybridized carbons (Fsp3) is 0.179. The second-order valence-electron chi connectivity index (χ2n) is 8.72. The van der Waals surface area contributed by atoms with Crippen molar-refractivity contribution in [2.45, 2.75) is 19.6 Å². The van der Waals surface area contributed by atoms with Crippen LogP contribution in [-0.4, -0.2) is 34.9 Å². The monoisotopic (exact) mass is 565 g/mol. The largest absolute Gasteiger partial charge is 0.495 e. The van der Waals surface area contributed by atoms with Crippen molar-refractivity contribution in [1.29, 1.82) is 0 Å². The molecular formula is C28H25Cl2N5O4. The third kappa shape index (κ3) is 5.50. The number of amides is 1. The van der Waals surface area contributed by atoms with Crippen molar-refractivity contribution in [3.05, 3.63) is 99.4 Å². The van der Waals surface area contributed by atoms with Crippen molar-refractivity contribution in [3.8, 4) is 17.2 Å². The van der Waals surface area contributed by atoms with E-state index in [9.17, 15) is 4.79 Å². The Balaban J connectivity index is 1.43. The summed E-state index contributed by atoms with van der Waals surface area (Å²) in [5.74, 6) is 1.67. The first-order valence-electron chi connectivity index (χ1n) is 11.9. The van der Waals surface area contributed by atoms with E-state index in [-0.39, 0.29) is 5.91 Å². The smallest absolute Gasteiger partial charge is 0.255 e. The number of anilines is 2. The van der Waals surface area contributed by atoms with E-state index < -0.39 is 6.04 Å². The van der Waals surface area contributed by atoms with E-state index in [2.05, 4.69) is 20.7 Å². The van der Waals surface area contributed by atoms with Crippen LogP contribution in [0, 0.1) is 0 Å². The molecular weight excluding hydrogens is 541 g/mol. The third-order valence-corrected chi connectivity index (χ3v) is 6.82. The number of carbonyl (C=O) groups excluding carboxylic acids is 1. The Kier molecular flexibility index (Phi) is 7.63. The molecule has 1 unspecified atom stereocenters. The van der Waals surface area contributed by atoms with E-state index in [1.165, 1.54) is 20.5 Å². The van der Waals surface area contributed by atoms with Crippen LogP contribution in [-0.2, 0) is 11.4 Å². The number of benzene rings is 3. The van der Waals surface area contributed by atoms with Crippen molar-refractivity contribution >= 4 is 40.7 Å². The number of nitrogens with one attached hydrogen (secondary N) is 2. The Morgan fingerprint density at radius 3 is 2.44 bits per heavy atom. The van der Waals surface area contributed by atoms with Crippen molar-refractivity contribution in [1.82, 2.24) is 14.8 Å². The molecule has 200 valence electrons. The zero-order chi connectivity index (χ0) is 27.5. The van der Waals surface area contributed by atoms with Crippen LogP contribution in [0.4, 0.5) is 11.6 Å². The number of aromatic nitrogens is 3. The molecule has 0 bridgehead atoms. The minimum atomic E-state index is -0.547. The molecule has 11 heteroatoms. The first-order valence-corrected chi connectivity index (χ1v) is 12.7. The highest BCUT2D eigenvalue weighted by molar-refractivity contribution is 6.32. The van der Waals surface area contributed by atoms with Gasteiger partial charge in [-0.05, 0) is 42.3 Å². The van der Waals surface area contributed by atoms with E-state index in [1.54, 1.807) is 16.8 Å². The summed E-state index contributed by atoms with van der Waals surface area (Å²) in [6.45, 7) is 2.22. The summed E-state index contributed by atoms with van der Waals surface area (Å²) < 4.78 is 18.4.